The van der Waals surface area contributed by atoms with Crippen LogP contribution >= 0.6 is 11.3 Å². The first-order valence-corrected chi connectivity index (χ1v) is 12.2. The molecule has 3 aliphatic heterocycles. The number of nitrogens with one attached hydrogen (secondary N) is 1. The van der Waals surface area contributed by atoms with Gasteiger partial charge in [0.15, 0.2) is 5.13 Å². The minimum Gasteiger partial charge on any atom is -0.370 e. The van der Waals surface area contributed by atoms with E-state index in [0.29, 0.717) is 18.4 Å². The summed E-state index contributed by atoms with van der Waals surface area (Å²) in [6.45, 7) is 3.38. The van der Waals surface area contributed by atoms with Gasteiger partial charge in [-0.3, -0.25) is 4.90 Å². The third-order valence-corrected chi connectivity index (χ3v) is 9.71. The van der Waals surface area contributed by atoms with Crippen LogP contribution in [0.4, 0.5) is 5.13 Å². The summed E-state index contributed by atoms with van der Waals surface area (Å²) >= 11 is 1.74. The highest BCUT2D eigenvalue weighted by atomic mass is 32.2. The molecule has 1 spiro atoms. The summed E-state index contributed by atoms with van der Waals surface area (Å²) in [6, 6.07) is 0. The highest BCUT2D eigenvalue weighted by molar-refractivity contribution is 7.90. The van der Waals surface area contributed by atoms with E-state index in [1.807, 2.05) is 25.2 Å². The van der Waals surface area contributed by atoms with Crippen molar-refractivity contribution in [2.75, 3.05) is 38.6 Å². The quantitative estimate of drug-likeness (QED) is 0.727. The first-order valence-electron chi connectivity index (χ1n) is 9.87. The van der Waals surface area contributed by atoms with Crippen LogP contribution in [0.15, 0.2) is 6.20 Å². The number of ether oxygens (including phenoxy) is 1. The van der Waals surface area contributed by atoms with Gasteiger partial charge in [0.1, 0.15) is 0 Å². The molecule has 5 rings (SSSR count). The summed E-state index contributed by atoms with van der Waals surface area (Å²) in [4.78, 5) is 10.3. The van der Waals surface area contributed by atoms with Gasteiger partial charge in [-0.2, -0.15) is 0 Å². The molecule has 0 aromatic carbocycles. The van der Waals surface area contributed by atoms with Crippen molar-refractivity contribution in [1.82, 2.24) is 14.6 Å². The van der Waals surface area contributed by atoms with Crippen molar-refractivity contribution in [2.24, 2.45) is 11.8 Å². The number of fused-ring (bicyclic) bond motifs is 1. The average molecular weight is 413 g/mol. The topological polar surface area (TPSA) is 74.8 Å². The maximum atomic E-state index is 12.2. The summed E-state index contributed by atoms with van der Waals surface area (Å²) in [6.07, 6.45) is 5.99. The molecule has 27 heavy (non-hydrogen) atoms. The largest absolute Gasteiger partial charge is 0.370 e. The summed E-state index contributed by atoms with van der Waals surface area (Å²) in [5.41, 5.74) is -0.0601. The van der Waals surface area contributed by atoms with Crippen LogP contribution in [0.3, 0.4) is 0 Å². The summed E-state index contributed by atoms with van der Waals surface area (Å²) in [7, 11) is 0.911. The first kappa shape index (κ1) is 18.3. The Hall–Kier alpha value is -0.740. The third kappa shape index (κ3) is 3.21. The molecule has 0 unspecified atom stereocenters. The van der Waals surface area contributed by atoms with Gasteiger partial charge >= 0.3 is 0 Å². The van der Waals surface area contributed by atoms with Crippen LogP contribution in [0.2, 0.25) is 0 Å². The van der Waals surface area contributed by atoms with Crippen LogP contribution in [-0.2, 0) is 21.3 Å². The predicted molar refractivity (Wildman–Crippen MR) is 105 cm³/mol. The Kier molecular flexibility index (Phi) is 4.33. The second-order valence-electron chi connectivity index (χ2n) is 8.80. The number of aromatic nitrogens is 1. The Morgan fingerprint density at radius 3 is 2.93 bits per heavy atom. The second-order valence-corrected chi connectivity index (χ2v) is 11.9. The number of anilines is 1. The Balaban J connectivity index is 1.25. The normalized spacial score (nSPS) is 35.7. The zero-order chi connectivity index (χ0) is 18.8. The summed E-state index contributed by atoms with van der Waals surface area (Å²) in [5.74, 6) is 0.732. The molecule has 9 heteroatoms. The molecule has 0 radical (unpaired) electrons. The molecule has 1 aromatic heterocycles. The molecule has 1 aromatic rings. The van der Waals surface area contributed by atoms with Crippen molar-refractivity contribution in [1.29, 1.82) is 0 Å². The van der Waals surface area contributed by atoms with Gasteiger partial charge in [-0.15, -0.1) is 11.3 Å². The van der Waals surface area contributed by atoms with Crippen LogP contribution in [0.25, 0.3) is 0 Å². The predicted octanol–water partition coefficient (Wildman–Crippen LogP) is 1.27. The van der Waals surface area contributed by atoms with E-state index < -0.39 is 10.0 Å². The smallest absolute Gasteiger partial charge is 0.214 e. The van der Waals surface area contributed by atoms with Crippen LogP contribution in [0.1, 0.15) is 30.6 Å². The van der Waals surface area contributed by atoms with Gasteiger partial charge in [-0.25, -0.2) is 18.1 Å². The highest BCUT2D eigenvalue weighted by Gasteiger charge is 2.62. The van der Waals surface area contributed by atoms with Crippen LogP contribution in [0.5, 0.6) is 0 Å². The van der Waals surface area contributed by atoms with E-state index in [-0.39, 0.29) is 17.0 Å². The molecule has 7 nitrogen and oxygen atoms in total. The molecule has 4 fully saturated rings. The number of sulfonamides is 1. The lowest BCUT2D eigenvalue weighted by molar-refractivity contribution is 0.00226. The molecular weight excluding hydrogens is 384 g/mol. The van der Waals surface area contributed by atoms with Crippen molar-refractivity contribution >= 4 is 26.5 Å². The minimum absolute atomic E-state index is 0.0601. The van der Waals surface area contributed by atoms with Gasteiger partial charge in [0.25, 0.3) is 0 Å². The van der Waals surface area contributed by atoms with Crippen molar-refractivity contribution in [2.45, 2.75) is 49.2 Å². The lowest BCUT2D eigenvalue weighted by Crippen LogP contribution is -2.42. The Bertz CT molecular complexity index is 822. The van der Waals surface area contributed by atoms with E-state index in [1.54, 1.807) is 11.3 Å². The van der Waals surface area contributed by atoms with Gasteiger partial charge in [-0.1, -0.05) is 0 Å². The SMILES string of the molecule is CN(C)c1ncc(CN2C[C@@H]3[C@H](CNS(=O)(=O)C4CC4)[C@H]4CC[C@]3(C2)O4)s1. The Morgan fingerprint density at radius 2 is 2.22 bits per heavy atom. The standard InChI is InChI=1S/C18H28N4O3S2/c1-21(2)17-19-7-12(26-17)9-22-10-15-14(8-20-27(23,24)13-3-4-13)16-5-6-18(15,11-22)25-16/h7,13-16,20H,3-6,8-11H2,1-2H3/t14-,15+,16+,18+/m0/s1. The van der Waals surface area contributed by atoms with Gasteiger partial charge in [0, 0.05) is 63.2 Å². The van der Waals surface area contributed by atoms with Crippen molar-refractivity contribution in [3.63, 3.8) is 0 Å². The maximum absolute atomic E-state index is 12.2. The van der Waals surface area contributed by atoms with E-state index in [1.165, 1.54) is 4.88 Å². The molecule has 150 valence electrons. The Morgan fingerprint density at radius 1 is 1.41 bits per heavy atom. The van der Waals surface area contributed by atoms with Crippen LogP contribution in [-0.4, -0.2) is 69.0 Å². The van der Waals surface area contributed by atoms with Crippen LogP contribution in [0, 0.1) is 11.8 Å². The lowest BCUT2D eigenvalue weighted by atomic mass is 9.74. The molecule has 3 saturated heterocycles. The third-order valence-electron chi connectivity index (χ3n) is 6.64. The van der Waals surface area contributed by atoms with Crippen molar-refractivity contribution in [3.05, 3.63) is 11.1 Å². The fraction of sp³-hybridized carbons (Fsp3) is 0.833. The molecule has 1 aliphatic carbocycles. The average Bonchev–Trinajstić information content (AvgIpc) is 2.98. The monoisotopic (exact) mass is 412 g/mol. The molecule has 1 N–H and O–H groups in total. The fourth-order valence-electron chi connectivity index (χ4n) is 5.19. The molecule has 4 heterocycles. The maximum Gasteiger partial charge on any atom is 0.214 e. The zero-order valence-corrected chi connectivity index (χ0v) is 17.6. The molecule has 4 atom stereocenters. The van der Waals surface area contributed by atoms with Gasteiger partial charge in [0.05, 0.1) is 17.0 Å². The molecule has 2 bridgehead atoms. The van der Waals surface area contributed by atoms with E-state index in [0.717, 1.165) is 50.4 Å². The van der Waals surface area contributed by atoms with E-state index >= 15 is 0 Å². The van der Waals surface area contributed by atoms with Gasteiger partial charge < -0.3 is 9.64 Å². The molecular formula is C18H28N4O3S2. The number of thiazole rings is 1. The lowest BCUT2D eigenvalue weighted by Gasteiger charge is -2.29. The van der Waals surface area contributed by atoms with Crippen molar-refractivity contribution < 1.29 is 13.2 Å². The fourth-order valence-corrected chi connectivity index (χ4v) is 7.48. The van der Waals surface area contributed by atoms with Gasteiger partial charge in [0.2, 0.25) is 10.0 Å². The van der Waals surface area contributed by atoms with Gasteiger partial charge in [-0.05, 0) is 25.7 Å². The van der Waals surface area contributed by atoms with E-state index in [2.05, 4.69) is 14.6 Å². The van der Waals surface area contributed by atoms with Crippen LogP contribution < -0.4 is 9.62 Å². The number of likely N-dealkylation sites (tertiary alicyclic amines) is 1. The first-order chi connectivity index (χ1) is 12.9. The van der Waals surface area contributed by atoms with Crippen molar-refractivity contribution in [3.8, 4) is 0 Å². The number of hydrogen-bond donors (Lipinski definition) is 1. The van der Waals surface area contributed by atoms with E-state index in [9.17, 15) is 8.42 Å². The number of hydrogen-bond acceptors (Lipinski definition) is 7. The summed E-state index contributed by atoms with van der Waals surface area (Å²) in [5, 5.41) is 0.885. The molecule has 0 amide bonds. The summed E-state index contributed by atoms with van der Waals surface area (Å²) < 4.78 is 33.8. The zero-order valence-electron chi connectivity index (χ0n) is 15.9. The Labute approximate surface area is 165 Å². The minimum atomic E-state index is -3.12. The number of rotatable bonds is 7. The second kappa shape index (κ2) is 6.38. The molecule has 4 aliphatic rings. The highest BCUT2D eigenvalue weighted by Crippen LogP contribution is 2.55. The number of nitrogens with zero attached hydrogens (tertiary/aromatic N) is 3. The molecule has 1 saturated carbocycles. The van der Waals surface area contributed by atoms with E-state index in [4.69, 9.17) is 4.74 Å².